The summed E-state index contributed by atoms with van der Waals surface area (Å²) in [6.07, 6.45) is 0.220. The summed E-state index contributed by atoms with van der Waals surface area (Å²) >= 11 is 3.30. The Morgan fingerprint density at radius 3 is 2.74 bits per heavy atom. The van der Waals surface area contributed by atoms with E-state index in [4.69, 9.17) is 4.74 Å². The third-order valence-electron chi connectivity index (χ3n) is 2.62. The minimum absolute atomic E-state index is 0.101. The quantitative estimate of drug-likeness (QED) is 0.569. The van der Waals surface area contributed by atoms with Crippen molar-refractivity contribution in [2.45, 2.75) is 26.5 Å². The lowest BCUT2D eigenvalue weighted by atomic mass is 10.2. The van der Waals surface area contributed by atoms with Crippen molar-refractivity contribution >= 4 is 21.6 Å². The zero-order valence-corrected chi connectivity index (χ0v) is 13.0. The monoisotopic (exact) mass is 330 g/mol. The molecule has 0 aliphatic rings. The third kappa shape index (κ3) is 5.26. The molecule has 0 aliphatic heterocycles. The first-order chi connectivity index (χ1) is 8.91. The molecule has 1 aromatic carbocycles. The Bertz CT molecular complexity index is 438. The maximum absolute atomic E-state index is 10.8. The average Bonchev–Trinajstić information content (AvgIpc) is 2.31. The second kappa shape index (κ2) is 7.57. The predicted octanol–water partition coefficient (Wildman–Crippen LogP) is 3.21. The molecule has 0 saturated carbocycles. The summed E-state index contributed by atoms with van der Waals surface area (Å²) < 4.78 is 6.03. The fraction of sp³-hybridized carbons (Fsp3) is 0.538. The van der Waals surface area contributed by atoms with E-state index in [0.29, 0.717) is 17.6 Å². The second-order valence-electron chi connectivity index (χ2n) is 4.66. The zero-order chi connectivity index (χ0) is 14.4. The number of benzene rings is 1. The molecule has 106 valence electrons. The van der Waals surface area contributed by atoms with Gasteiger partial charge in [0.15, 0.2) is 0 Å². The van der Waals surface area contributed by atoms with Gasteiger partial charge in [-0.2, -0.15) is 0 Å². The minimum atomic E-state index is -0.380. The molecule has 0 aromatic heterocycles. The van der Waals surface area contributed by atoms with Gasteiger partial charge in [-0.3, -0.25) is 15.0 Å². The Morgan fingerprint density at radius 1 is 1.47 bits per heavy atom. The molecule has 0 saturated heterocycles. The smallest absolute Gasteiger partial charge is 0.283 e. The molecule has 0 heterocycles. The highest BCUT2D eigenvalue weighted by molar-refractivity contribution is 9.10. The van der Waals surface area contributed by atoms with Crippen molar-refractivity contribution in [1.29, 1.82) is 0 Å². The fourth-order valence-electron chi connectivity index (χ4n) is 1.64. The Kier molecular flexibility index (Phi) is 6.41. The lowest BCUT2D eigenvalue weighted by Gasteiger charge is -2.18. The van der Waals surface area contributed by atoms with Gasteiger partial charge in [0.1, 0.15) is 0 Å². The first-order valence-corrected chi connectivity index (χ1v) is 6.93. The molecule has 0 amide bonds. The van der Waals surface area contributed by atoms with Gasteiger partial charge in [-0.1, -0.05) is 12.1 Å². The number of likely N-dealkylation sites (N-methyl/N-ethyl adjacent to an activating group) is 1. The minimum Gasteiger partial charge on any atom is -0.377 e. The van der Waals surface area contributed by atoms with Crippen LogP contribution >= 0.6 is 15.9 Å². The number of nitrogens with zero attached hydrogens (tertiary/aromatic N) is 2. The normalized spacial score (nSPS) is 11.3. The molecule has 1 rings (SSSR count). The Balaban J connectivity index is 2.61. The topological polar surface area (TPSA) is 55.6 Å². The molecule has 0 fully saturated rings. The van der Waals surface area contributed by atoms with Crippen LogP contribution in [0, 0.1) is 10.1 Å². The summed E-state index contributed by atoms with van der Waals surface area (Å²) in [6, 6.07) is 5.09. The number of hydrogen-bond acceptors (Lipinski definition) is 4. The van der Waals surface area contributed by atoms with E-state index >= 15 is 0 Å². The van der Waals surface area contributed by atoms with Crippen LogP contribution in [-0.2, 0) is 11.3 Å². The van der Waals surface area contributed by atoms with E-state index in [1.807, 2.05) is 27.0 Å². The van der Waals surface area contributed by atoms with E-state index in [-0.39, 0.29) is 16.7 Å². The summed E-state index contributed by atoms with van der Waals surface area (Å²) in [5, 5.41) is 10.8. The Morgan fingerprint density at radius 2 is 2.16 bits per heavy atom. The summed E-state index contributed by atoms with van der Waals surface area (Å²) in [7, 11) is 1.97. The van der Waals surface area contributed by atoms with Crippen LogP contribution in [0.15, 0.2) is 22.7 Å². The van der Waals surface area contributed by atoms with Crippen LogP contribution in [0.4, 0.5) is 5.69 Å². The van der Waals surface area contributed by atoms with Crippen molar-refractivity contribution in [1.82, 2.24) is 4.90 Å². The Labute approximate surface area is 121 Å². The molecule has 0 spiro atoms. The van der Waals surface area contributed by atoms with Gasteiger partial charge in [0.2, 0.25) is 0 Å². The lowest BCUT2D eigenvalue weighted by Crippen LogP contribution is -2.24. The van der Waals surface area contributed by atoms with Crippen molar-refractivity contribution in [3.05, 3.63) is 38.3 Å². The molecule has 0 unspecified atom stereocenters. The first-order valence-electron chi connectivity index (χ1n) is 6.13. The number of halogens is 1. The van der Waals surface area contributed by atoms with Gasteiger partial charge in [0.25, 0.3) is 5.69 Å². The number of ether oxygens (including phenoxy) is 1. The average molecular weight is 331 g/mol. The summed E-state index contributed by atoms with van der Waals surface area (Å²) in [5.74, 6) is 0. The zero-order valence-electron chi connectivity index (χ0n) is 11.4. The SMILES string of the molecule is CC(C)OCCN(C)Cc1cccc([N+](=O)[O-])c1Br. The van der Waals surface area contributed by atoms with E-state index in [2.05, 4.69) is 20.8 Å². The van der Waals surface area contributed by atoms with Gasteiger partial charge < -0.3 is 4.74 Å². The molecule has 19 heavy (non-hydrogen) atoms. The van der Waals surface area contributed by atoms with Crippen molar-refractivity contribution in [3.8, 4) is 0 Å². The lowest BCUT2D eigenvalue weighted by molar-refractivity contribution is -0.385. The molecular formula is C13H19BrN2O3. The largest absolute Gasteiger partial charge is 0.377 e. The molecule has 6 heteroatoms. The van der Waals surface area contributed by atoms with Crippen molar-refractivity contribution in [3.63, 3.8) is 0 Å². The first kappa shape index (κ1) is 16.1. The molecule has 0 atom stereocenters. The molecule has 1 aromatic rings. The van der Waals surface area contributed by atoms with Gasteiger partial charge >= 0.3 is 0 Å². The fourth-order valence-corrected chi connectivity index (χ4v) is 2.18. The second-order valence-corrected chi connectivity index (χ2v) is 5.46. The van der Waals surface area contributed by atoms with Gasteiger partial charge in [-0.15, -0.1) is 0 Å². The molecular weight excluding hydrogens is 312 g/mol. The highest BCUT2D eigenvalue weighted by atomic mass is 79.9. The predicted molar refractivity (Wildman–Crippen MR) is 78.2 cm³/mol. The van der Waals surface area contributed by atoms with Gasteiger partial charge in [-0.05, 0) is 42.4 Å². The van der Waals surface area contributed by atoms with E-state index in [9.17, 15) is 10.1 Å². The van der Waals surface area contributed by atoms with E-state index in [1.165, 1.54) is 6.07 Å². The molecule has 0 N–H and O–H groups in total. The van der Waals surface area contributed by atoms with Gasteiger partial charge in [0.05, 0.1) is 22.1 Å². The third-order valence-corrected chi connectivity index (χ3v) is 3.53. The maximum atomic E-state index is 10.8. The van der Waals surface area contributed by atoms with Crippen molar-refractivity contribution in [2.24, 2.45) is 0 Å². The Hall–Kier alpha value is -0.980. The number of rotatable bonds is 7. The van der Waals surface area contributed by atoms with E-state index in [1.54, 1.807) is 6.07 Å². The number of nitro benzene ring substituents is 1. The van der Waals surface area contributed by atoms with Crippen molar-refractivity contribution < 1.29 is 9.66 Å². The van der Waals surface area contributed by atoms with Crippen molar-refractivity contribution in [2.75, 3.05) is 20.2 Å². The molecule has 0 aliphatic carbocycles. The molecule has 0 radical (unpaired) electrons. The van der Waals surface area contributed by atoms with Crippen LogP contribution in [0.2, 0.25) is 0 Å². The van der Waals surface area contributed by atoms with Crippen LogP contribution in [0.5, 0.6) is 0 Å². The van der Waals surface area contributed by atoms with E-state index < -0.39 is 0 Å². The van der Waals surface area contributed by atoms with Crippen LogP contribution in [0.3, 0.4) is 0 Å². The van der Waals surface area contributed by atoms with Crippen LogP contribution in [0.1, 0.15) is 19.4 Å². The highest BCUT2D eigenvalue weighted by Gasteiger charge is 2.15. The number of hydrogen-bond donors (Lipinski definition) is 0. The van der Waals surface area contributed by atoms with Gasteiger partial charge in [0, 0.05) is 19.2 Å². The summed E-state index contributed by atoms with van der Waals surface area (Å²) in [5.41, 5.74) is 1.01. The van der Waals surface area contributed by atoms with Crippen LogP contribution in [-0.4, -0.2) is 36.1 Å². The van der Waals surface area contributed by atoms with Gasteiger partial charge in [-0.25, -0.2) is 0 Å². The highest BCUT2D eigenvalue weighted by Crippen LogP contribution is 2.28. The van der Waals surface area contributed by atoms with Crippen LogP contribution < -0.4 is 0 Å². The van der Waals surface area contributed by atoms with E-state index in [0.717, 1.165) is 12.1 Å². The molecule has 5 nitrogen and oxygen atoms in total. The number of nitro groups is 1. The van der Waals surface area contributed by atoms with Crippen LogP contribution in [0.25, 0.3) is 0 Å². The standard InChI is InChI=1S/C13H19BrN2O3/c1-10(2)19-8-7-15(3)9-11-5-4-6-12(13(11)14)16(17)18/h4-6,10H,7-9H2,1-3H3. The molecule has 0 bridgehead atoms. The summed E-state index contributed by atoms with van der Waals surface area (Å²) in [4.78, 5) is 12.5. The summed E-state index contributed by atoms with van der Waals surface area (Å²) in [6.45, 7) is 6.08. The maximum Gasteiger partial charge on any atom is 0.283 e.